The summed E-state index contributed by atoms with van der Waals surface area (Å²) < 4.78 is 5.27. The number of benzene rings is 1. The summed E-state index contributed by atoms with van der Waals surface area (Å²) in [6.07, 6.45) is 1.62. The maximum Gasteiger partial charge on any atom is 0.320 e. The number of ether oxygens (including phenoxy) is 1. The van der Waals surface area contributed by atoms with E-state index in [0.717, 1.165) is 24.3 Å². The third-order valence-electron chi connectivity index (χ3n) is 3.26. The van der Waals surface area contributed by atoms with Crippen molar-refractivity contribution < 1.29 is 14.6 Å². The number of methoxy groups -OCH3 is 1. The molecular formula is C13H17Cl2NO3. The molecule has 0 radical (unpaired) electrons. The first-order chi connectivity index (χ1) is 8.61. The van der Waals surface area contributed by atoms with Crippen LogP contribution in [0.4, 0.5) is 0 Å². The number of likely N-dealkylation sites (tertiary alicyclic amines) is 1. The van der Waals surface area contributed by atoms with Crippen molar-refractivity contribution in [2.24, 2.45) is 0 Å². The van der Waals surface area contributed by atoms with Gasteiger partial charge in [-0.15, -0.1) is 12.4 Å². The molecule has 0 spiro atoms. The zero-order chi connectivity index (χ0) is 13.1. The fourth-order valence-electron chi connectivity index (χ4n) is 2.38. The Kier molecular flexibility index (Phi) is 5.91. The number of halogens is 2. The number of carboxylic acids is 1. The molecule has 0 saturated carbocycles. The van der Waals surface area contributed by atoms with Crippen molar-refractivity contribution in [1.29, 1.82) is 0 Å². The van der Waals surface area contributed by atoms with Crippen molar-refractivity contribution in [2.45, 2.75) is 25.4 Å². The predicted molar refractivity (Wildman–Crippen MR) is 76.3 cm³/mol. The molecule has 106 valence electrons. The summed E-state index contributed by atoms with van der Waals surface area (Å²) in [6, 6.07) is 5.01. The Morgan fingerprint density at radius 3 is 2.95 bits per heavy atom. The highest BCUT2D eigenvalue weighted by Crippen LogP contribution is 2.27. The number of hydrogen-bond acceptors (Lipinski definition) is 3. The molecule has 6 heteroatoms. The Morgan fingerprint density at radius 2 is 2.32 bits per heavy atom. The zero-order valence-electron chi connectivity index (χ0n) is 10.6. The first-order valence-electron chi connectivity index (χ1n) is 5.91. The Hall–Kier alpha value is -0.970. The van der Waals surface area contributed by atoms with Gasteiger partial charge in [0.05, 0.1) is 7.11 Å². The van der Waals surface area contributed by atoms with Crippen LogP contribution in [-0.4, -0.2) is 35.7 Å². The molecule has 0 aliphatic carbocycles. The number of carbonyl (C=O) groups is 1. The van der Waals surface area contributed by atoms with Crippen LogP contribution in [0.5, 0.6) is 5.75 Å². The van der Waals surface area contributed by atoms with E-state index in [2.05, 4.69) is 0 Å². The summed E-state index contributed by atoms with van der Waals surface area (Å²) in [5.41, 5.74) is 0.929. The van der Waals surface area contributed by atoms with Gasteiger partial charge >= 0.3 is 5.97 Å². The van der Waals surface area contributed by atoms with Crippen molar-refractivity contribution in [2.75, 3.05) is 13.7 Å². The van der Waals surface area contributed by atoms with Crippen LogP contribution in [0.15, 0.2) is 18.2 Å². The van der Waals surface area contributed by atoms with Gasteiger partial charge in [0, 0.05) is 17.1 Å². The molecule has 0 unspecified atom stereocenters. The largest absolute Gasteiger partial charge is 0.496 e. The van der Waals surface area contributed by atoms with Crippen LogP contribution in [-0.2, 0) is 11.3 Å². The topological polar surface area (TPSA) is 49.8 Å². The number of rotatable bonds is 4. The SMILES string of the molecule is COc1ccc(Cl)cc1CN1CCC[C@H]1C(=O)O.Cl. The third-order valence-corrected chi connectivity index (χ3v) is 3.50. The van der Waals surface area contributed by atoms with Gasteiger partial charge in [-0.2, -0.15) is 0 Å². The molecule has 0 amide bonds. The van der Waals surface area contributed by atoms with E-state index in [9.17, 15) is 4.79 Å². The standard InChI is InChI=1S/C13H16ClNO3.ClH/c1-18-12-5-4-10(14)7-9(12)8-15-6-2-3-11(15)13(16)17;/h4-5,7,11H,2-3,6,8H2,1H3,(H,16,17);1H/t11-;/m0./s1. The molecule has 1 heterocycles. The molecule has 19 heavy (non-hydrogen) atoms. The fraction of sp³-hybridized carbons (Fsp3) is 0.462. The molecule has 1 N–H and O–H groups in total. The van der Waals surface area contributed by atoms with E-state index in [-0.39, 0.29) is 12.4 Å². The highest BCUT2D eigenvalue weighted by Gasteiger charge is 2.30. The minimum atomic E-state index is -0.756. The van der Waals surface area contributed by atoms with E-state index >= 15 is 0 Å². The van der Waals surface area contributed by atoms with E-state index in [1.807, 2.05) is 17.0 Å². The van der Waals surface area contributed by atoms with Gasteiger partial charge in [-0.3, -0.25) is 9.69 Å². The Labute approximate surface area is 123 Å². The Balaban J connectivity index is 0.00000180. The second kappa shape index (κ2) is 6.98. The molecule has 1 aromatic rings. The summed E-state index contributed by atoms with van der Waals surface area (Å²) in [7, 11) is 1.60. The quantitative estimate of drug-likeness (QED) is 0.929. The smallest absolute Gasteiger partial charge is 0.320 e. The molecule has 1 aliphatic rings. The highest BCUT2D eigenvalue weighted by atomic mass is 35.5. The average Bonchev–Trinajstić information content (AvgIpc) is 2.77. The molecule has 1 aromatic carbocycles. The van der Waals surface area contributed by atoms with E-state index in [4.69, 9.17) is 21.4 Å². The lowest BCUT2D eigenvalue weighted by molar-refractivity contribution is -0.142. The summed E-state index contributed by atoms with van der Waals surface area (Å²) in [5.74, 6) is -0.0102. The zero-order valence-corrected chi connectivity index (χ0v) is 12.2. The summed E-state index contributed by atoms with van der Waals surface area (Å²) >= 11 is 5.97. The number of aliphatic carboxylic acids is 1. The van der Waals surface area contributed by atoms with Gasteiger partial charge in [0.2, 0.25) is 0 Å². The van der Waals surface area contributed by atoms with E-state index in [1.165, 1.54) is 0 Å². The van der Waals surface area contributed by atoms with Crippen molar-refractivity contribution >= 4 is 30.0 Å². The summed E-state index contributed by atoms with van der Waals surface area (Å²) in [6.45, 7) is 1.35. The van der Waals surface area contributed by atoms with E-state index < -0.39 is 12.0 Å². The molecule has 2 rings (SSSR count). The van der Waals surface area contributed by atoms with Crippen LogP contribution in [0.2, 0.25) is 5.02 Å². The maximum absolute atomic E-state index is 11.1. The molecule has 4 nitrogen and oxygen atoms in total. The van der Waals surface area contributed by atoms with E-state index in [1.54, 1.807) is 13.2 Å². The predicted octanol–water partition coefficient (Wildman–Crippen LogP) is 2.82. The number of nitrogens with zero attached hydrogens (tertiary/aromatic N) is 1. The minimum Gasteiger partial charge on any atom is -0.496 e. The van der Waals surface area contributed by atoms with Crippen molar-refractivity contribution in [3.63, 3.8) is 0 Å². The molecule has 1 aliphatic heterocycles. The van der Waals surface area contributed by atoms with E-state index in [0.29, 0.717) is 18.0 Å². The molecule has 0 aromatic heterocycles. The highest BCUT2D eigenvalue weighted by molar-refractivity contribution is 6.30. The minimum absolute atomic E-state index is 0. The molecule has 0 bridgehead atoms. The van der Waals surface area contributed by atoms with Crippen LogP contribution in [0.25, 0.3) is 0 Å². The lowest BCUT2D eigenvalue weighted by atomic mass is 10.1. The second-order valence-electron chi connectivity index (χ2n) is 4.42. The average molecular weight is 306 g/mol. The molecule has 1 atom stereocenters. The van der Waals surface area contributed by atoms with Crippen LogP contribution in [0.1, 0.15) is 18.4 Å². The first-order valence-corrected chi connectivity index (χ1v) is 6.29. The van der Waals surface area contributed by atoms with Crippen molar-refractivity contribution in [1.82, 2.24) is 4.90 Å². The van der Waals surface area contributed by atoms with Crippen LogP contribution in [0.3, 0.4) is 0 Å². The Bertz CT molecular complexity index is 454. The first kappa shape index (κ1) is 16.1. The van der Waals surface area contributed by atoms with Crippen LogP contribution >= 0.6 is 24.0 Å². The van der Waals surface area contributed by atoms with Gasteiger partial charge in [0.15, 0.2) is 0 Å². The second-order valence-corrected chi connectivity index (χ2v) is 4.86. The van der Waals surface area contributed by atoms with Crippen LogP contribution < -0.4 is 4.74 Å². The van der Waals surface area contributed by atoms with Gasteiger partial charge < -0.3 is 9.84 Å². The van der Waals surface area contributed by atoms with Crippen molar-refractivity contribution in [3.05, 3.63) is 28.8 Å². The molecular weight excluding hydrogens is 289 g/mol. The van der Waals surface area contributed by atoms with Gasteiger partial charge in [-0.05, 0) is 37.6 Å². The fourth-order valence-corrected chi connectivity index (χ4v) is 2.58. The third kappa shape index (κ3) is 3.75. The molecule has 1 saturated heterocycles. The van der Waals surface area contributed by atoms with Gasteiger partial charge in [-0.1, -0.05) is 11.6 Å². The number of hydrogen-bond donors (Lipinski definition) is 1. The summed E-state index contributed by atoms with van der Waals surface area (Å²) in [5, 5.41) is 9.78. The van der Waals surface area contributed by atoms with Gasteiger partial charge in [0.25, 0.3) is 0 Å². The number of carboxylic acid groups (broad SMARTS) is 1. The lowest BCUT2D eigenvalue weighted by Crippen LogP contribution is -2.35. The summed E-state index contributed by atoms with van der Waals surface area (Å²) in [4.78, 5) is 13.1. The van der Waals surface area contributed by atoms with Gasteiger partial charge in [-0.25, -0.2) is 0 Å². The monoisotopic (exact) mass is 305 g/mol. The van der Waals surface area contributed by atoms with Crippen LogP contribution in [0, 0.1) is 0 Å². The van der Waals surface area contributed by atoms with Crippen molar-refractivity contribution in [3.8, 4) is 5.75 Å². The normalized spacial score (nSPS) is 18.9. The Morgan fingerprint density at radius 1 is 1.58 bits per heavy atom. The lowest BCUT2D eigenvalue weighted by Gasteiger charge is -2.22. The maximum atomic E-state index is 11.1. The molecule has 1 fully saturated rings. The van der Waals surface area contributed by atoms with Gasteiger partial charge in [0.1, 0.15) is 11.8 Å².